The van der Waals surface area contributed by atoms with Gasteiger partial charge in [0.05, 0.1) is 49.3 Å². The average Bonchev–Trinajstić information content (AvgIpc) is 3.43. The van der Waals surface area contributed by atoms with Crippen LogP contribution < -0.4 is 33.8 Å². The summed E-state index contributed by atoms with van der Waals surface area (Å²) in [6, 6.07) is 15.3. The molecule has 2 heterocycles. The minimum Gasteiger partial charge on any atom is -0.493 e. The van der Waals surface area contributed by atoms with Crippen molar-refractivity contribution in [2.45, 2.75) is 39.8 Å². The predicted molar refractivity (Wildman–Crippen MR) is 198 cm³/mol. The second-order valence-corrected chi connectivity index (χ2v) is 12.8. The van der Waals surface area contributed by atoms with Crippen molar-refractivity contribution in [2.75, 3.05) is 34.0 Å². The molecule has 0 fully saturated rings. The summed E-state index contributed by atoms with van der Waals surface area (Å²) < 4.78 is 35.5. The van der Waals surface area contributed by atoms with Gasteiger partial charge in [0.2, 0.25) is 0 Å². The third-order valence-corrected chi connectivity index (χ3v) is 9.39. The van der Waals surface area contributed by atoms with E-state index in [0.29, 0.717) is 67.2 Å². The molecule has 1 aromatic heterocycles. The fraction of sp³-hybridized carbons (Fsp3) is 0.282. The van der Waals surface area contributed by atoms with Crippen LogP contribution in [0.1, 0.15) is 49.1 Å². The number of allylic oxidation sites excluding steroid dienone is 2. The zero-order valence-corrected chi connectivity index (χ0v) is 31.1. The van der Waals surface area contributed by atoms with Gasteiger partial charge in [-0.25, -0.2) is 14.6 Å². The molecule has 0 aliphatic carbocycles. The summed E-state index contributed by atoms with van der Waals surface area (Å²) in [5.41, 5.74) is 3.12. The summed E-state index contributed by atoms with van der Waals surface area (Å²) in [5, 5.41) is 0.593. The second-order valence-electron chi connectivity index (χ2n) is 11.4. The first-order chi connectivity index (χ1) is 25.1. The SMILES string of the molecule is C=CCc1cc(/C=c2\sc3n(c2=O)[C@H](c2ccc(OCC(=O)OC)c(OCC)c2)C(C(=O)OCC)=C(C)N=3)cc(OC)c1OCc1ccccc1Cl. The quantitative estimate of drug-likeness (QED) is 0.111. The van der Waals surface area contributed by atoms with E-state index >= 15 is 0 Å². The molecule has 0 amide bonds. The van der Waals surface area contributed by atoms with Crippen LogP contribution in [0.4, 0.5) is 0 Å². The molecule has 52 heavy (non-hydrogen) atoms. The van der Waals surface area contributed by atoms with Crippen molar-refractivity contribution in [2.24, 2.45) is 4.99 Å². The van der Waals surface area contributed by atoms with E-state index in [0.717, 1.165) is 11.1 Å². The number of esters is 2. The van der Waals surface area contributed by atoms with E-state index in [2.05, 4.69) is 11.6 Å². The molecule has 0 unspecified atom stereocenters. The minimum absolute atomic E-state index is 0.129. The highest BCUT2D eigenvalue weighted by atomic mass is 35.5. The number of carbonyl (C=O) groups is 2. The molecule has 13 heteroatoms. The van der Waals surface area contributed by atoms with Gasteiger partial charge < -0.3 is 28.4 Å². The Hall–Kier alpha value is -5.33. The molecular formula is C39H39ClN2O9S. The number of methoxy groups -OCH3 is 2. The molecule has 0 saturated heterocycles. The Morgan fingerprint density at radius 1 is 0.981 bits per heavy atom. The van der Waals surface area contributed by atoms with Crippen molar-refractivity contribution in [3.8, 4) is 23.0 Å². The Balaban J connectivity index is 1.62. The largest absolute Gasteiger partial charge is 0.493 e. The summed E-state index contributed by atoms with van der Waals surface area (Å²) in [5.74, 6) is 0.475. The monoisotopic (exact) mass is 746 g/mol. The Morgan fingerprint density at radius 2 is 1.77 bits per heavy atom. The smallest absolute Gasteiger partial charge is 0.343 e. The zero-order valence-electron chi connectivity index (χ0n) is 29.5. The van der Waals surface area contributed by atoms with Crippen LogP contribution >= 0.6 is 22.9 Å². The number of fused-ring (bicyclic) bond motifs is 1. The summed E-state index contributed by atoms with van der Waals surface area (Å²) in [7, 11) is 2.82. The van der Waals surface area contributed by atoms with Gasteiger partial charge in [0, 0.05) is 16.1 Å². The average molecular weight is 747 g/mol. The van der Waals surface area contributed by atoms with Gasteiger partial charge in [-0.05, 0) is 74.7 Å². The molecule has 4 aromatic rings. The van der Waals surface area contributed by atoms with Crippen LogP contribution in [0.2, 0.25) is 5.02 Å². The van der Waals surface area contributed by atoms with Gasteiger partial charge in [-0.15, -0.1) is 6.58 Å². The number of hydrogen-bond acceptors (Lipinski definition) is 11. The third-order valence-electron chi connectivity index (χ3n) is 8.04. The Bertz CT molecular complexity index is 2210. The van der Waals surface area contributed by atoms with Gasteiger partial charge in [0.15, 0.2) is 34.4 Å². The number of benzene rings is 3. The Morgan fingerprint density at radius 3 is 2.46 bits per heavy atom. The Labute approximate surface area is 310 Å². The van der Waals surface area contributed by atoms with Crippen molar-refractivity contribution in [1.82, 2.24) is 4.57 Å². The third kappa shape index (κ3) is 8.24. The second kappa shape index (κ2) is 17.3. The number of nitrogens with zero attached hydrogens (tertiary/aromatic N) is 2. The molecule has 0 radical (unpaired) electrons. The molecule has 0 spiro atoms. The van der Waals surface area contributed by atoms with Crippen LogP contribution in [-0.2, 0) is 32.1 Å². The molecule has 0 saturated carbocycles. The maximum absolute atomic E-state index is 14.4. The maximum atomic E-state index is 14.4. The molecule has 272 valence electrons. The van der Waals surface area contributed by atoms with Crippen molar-refractivity contribution in [1.29, 1.82) is 0 Å². The first-order valence-corrected chi connectivity index (χ1v) is 17.7. The lowest BCUT2D eigenvalue weighted by Crippen LogP contribution is -2.40. The molecule has 3 aromatic carbocycles. The summed E-state index contributed by atoms with van der Waals surface area (Å²) >= 11 is 7.56. The number of thiazole rings is 1. The van der Waals surface area contributed by atoms with Crippen LogP contribution in [0.3, 0.4) is 0 Å². The highest BCUT2D eigenvalue weighted by Gasteiger charge is 2.34. The number of hydrogen-bond donors (Lipinski definition) is 0. The predicted octanol–water partition coefficient (Wildman–Crippen LogP) is 5.72. The molecule has 5 rings (SSSR count). The fourth-order valence-corrected chi connectivity index (χ4v) is 6.93. The lowest BCUT2D eigenvalue weighted by molar-refractivity contribution is -0.143. The van der Waals surface area contributed by atoms with Crippen LogP contribution in [0.5, 0.6) is 23.0 Å². The van der Waals surface area contributed by atoms with Crippen molar-refractivity contribution < 1.29 is 38.0 Å². The van der Waals surface area contributed by atoms with E-state index in [1.54, 1.807) is 70.4 Å². The van der Waals surface area contributed by atoms with Gasteiger partial charge in [0.1, 0.15) is 6.61 Å². The van der Waals surface area contributed by atoms with E-state index < -0.39 is 18.0 Å². The molecule has 0 N–H and O–H groups in total. The molecule has 11 nitrogen and oxygen atoms in total. The molecule has 0 bridgehead atoms. The standard InChI is InChI=1S/C39H39ClN2O9S/c1-7-12-26-17-24(18-31(46-5)36(26)51-21-27-13-10-11-14-28(27)40)19-32-37(44)42-35(34(38(45)49-9-3)23(4)41-39(42)52-32)25-15-16-29(30(20-25)48-8-2)50-22-33(43)47-6/h7,10-11,13-20,35H,1,8-9,12,21-22H2,2-6H3/b32-19-/t35-/m1/s1. The topological polar surface area (TPSA) is 124 Å². The molecule has 1 aliphatic rings. The fourth-order valence-electron chi connectivity index (χ4n) is 5.69. The van der Waals surface area contributed by atoms with Crippen molar-refractivity contribution in [3.05, 3.63) is 125 Å². The summed E-state index contributed by atoms with van der Waals surface area (Å²) in [6.07, 6.45) is 3.99. The lowest BCUT2D eigenvalue weighted by Gasteiger charge is -2.25. The summed E-state index contributed by atoms with van der Waals surface area (Å²) in [4.78, 5) is 44.7. The van der Waals surface area contributed by atoms with Gasteiger partial charge in [-0.1, -0.05) is 53.3 Å². The molecular weight excluding hydrogens is 708 g/mol. The van der Waals surface area contributed by atoms with Crippen LogP contribution in [0.25, 0.3) is 6.08 Å². The van der Waals surface area contributed by atoms with Crippen LogP contribution in [-0.4, -0.2) is 50.5 Å². The maximum Gasteiger partial charge on any atom is 0.343 e. The highest BCUT2D eigenvalue weighted by Crippen LogP contribution is 2.37. The normalized spacial score (nSPS) is 13.9. The minimum atomic E-state index is -0.905. The van der Waals surface area contributed by atoms with E-state index in [1.807, 2.05) is 24.3 Å². The molecule has 1 atom stereocenters. The van der Waals surface area contributed by atoms with E-state index in [1.165, 1.54) is 23.0 Å². The van der Waals surface area contributed by atoms with Crippen LogP contribution in [0, 0.1) is 0 Å². The first-order valence-electron chi connectivity index (χ1n) is 16.5. The van der Waals surface area contributed by atoms with Crippen molar-refractivity contribution in [3.63, 3.8) is 0 Å². The zero-order chi connectivity index (χ0) is 37.4. The van der Waals surface area contributed by atoms with Crippen LogP contribution in [0.15, 0.2) is 88.3 Å². The highest BCUT2D eigenvalue weighted by molar-refractivity contribution is 7.07. The number of ether oxygens (including phenoxy) is 6. The summed E-state index contributed by atoms with van der Waals surface area (Å²) in [6.45, 7) is 9.46. The van der Waals surface area contributed by atoms with Gasteiger partial charge in [0.25, 0.3) is 5.56 Å². The van der Waals surface area contributed by atoms with Crippen molar-refractivity contribution >= 4 is 41.0 Å². The number of carbonyl (C=O) groups excluding carboxylic acids is 2. The Kier molecular flexibility index (Phi) is 12.6. The first kappa shape index (κ1) is 37.9. The van der Waals surface area contributed by atoms with Gasteiger partial charge >= 0.3 is 11.9 Å². The number of aromatic nitrogens is 1. The lowest BCUT2D eigenvalue weighted by atomic mass is 9.95. The number of halogens is 1. The van der Waals surface area contributed by atoms with E-state index in [-0.39, 0.29) is 31.0 Å². The number of rotatable bonds is 15. The van der Waals surface area contributed by atoms with Gasteiger partial charge in [-0.2, -0.15) is 0 Å². The van der Waals surface area contributed by atoms with Gasteiger partial charge in [-0.3, -0.25) is 9.36 Å². The molecule has 1 aliphatic heterocycles. The van der Waals surface area contributed by atoms with E-state index in [4.69, 9.17) is 40.0 Å². The van der Waals surface area contributed by atoms with E-state index in [9.17, 15) is 14.4 Å².